The van der Waals surface area contributed by atoms with Crippen molar-refractivity contribution in [2.45, 2.75) is 32.3 Å². The second-order valence-corrected chi connectivity index (χ2v) is 6.44. The Labute approximate surface area is 130 Å². The summed E-state index contributed by atoms with van der Waals surface area (Å²) in [5, 5.41) is 0. The van der Waals surface area contributed by atoms with Gasteiger partial charge in [-0.1, -0.05) is 24.3 Å². The third-order valence-corrected chi connectivity index (χ3v) is 3.98. The average molecular weight is 296 g/mol. The summed E-state index contributed by atoms with van der Waals surface area (Å²) < 4.78 is 5.16. The molecule has 3 rings (SSSR count). The van der Waals surface area contributed by atoms with E-state index in [0.717, 1.165) is 17.7 Å². The Kier molecular flexibility index (Phi) is 3.32. The van der Waals surface area contributed by atoms with Crippen molar-refractivity contribution >= 4 is 11.8 Å². The quantitative estimate of drug-likeness (QED) is 0.728. The molecule has 1 amide bonds. The van der Waals surface area contributed by atoms with Crippen LogP contribution in [0.4, 0.5) is 10.5 Å². The van der Waals surface area contributed by atoms with Crippen LogP contribution in [-0.4, -0.2) is 11.7 Å². The Balaban J connectivity index is 1.87. The largest absolute Gasteiger partial charge is 0.443 e. The first kappa shape index (κ1) is 14.4. The van der Waals surface area contributed by atoms with Gasteiger partial charge < -0.3 is 16.2 Å². The molecule has 0 radical (unpaired) electrons. The van der Waals surface area contributed by atoms with Crippen LogP contribution in [-0.2, 0) is 17.6 Å². The number of hydrogen-bond acceptors (Lipinski definition) is 3. The highest BCUT2D eigenvalue weighted by molar-refractivity contribution is 5.78. The number of nitrogens with two attached hydrogens (primary N) is 2. The van der Waals surface area contributed by atoms with Crippen molar-refractivity contribution in [1.29, 1.82) is 0 Å². The summed E-state index contributed by atoms with van der Waals surface area (Å²) in [6.45, 7) is 3.72. The number of ether oxygens (including phenoxy) is 1. The van der Waals surface area contributed by atoms with Gasteiger partial charge in [0.05, 0.1) is 0 Å². The number of rotatable bonds is 3. The molecule has 0 aliphatic heterocycles. The van der Waals surface area contributed by atoms with E-state index in [4.69, 9.17) is 16.2 Å². The van der Waals surface area contributed by atoms with E-state index in [0.29, 0.717) is 6.42 Å². The van der Waals surface area contributed by atoms with Gasteiger partial charge in [-0.3, -0.25) is 0 Å². The maximum Gasteiger partial charge on any atom is 0.405 e. The lowest BCUT2D eigenvalue weighted by Gasteiger charge is -2.24. The number of amides is 1. The van der Waals surface area contributed by atoms with Crippen LogP contribution in [0, 0.1) is 0 Å². The van der Waals surface area contributed by atoms with Gasteiger partial charge in [-0.25, -0.2) is 4.79 Å². The second-order valence-electron chi connectivity index (χ2n) is 6.44. The predicted octanol–water partition coefficient (Wildman–Crippen LogP) is 3.26. The first-order chi connectivity index (χ1) is 10.3. The summed E-state index contributed by atoms with van der Waals surface area (Å²) in [5.41, 5.74) is 17.4. The molecule has 2 aromatic carbocycles. The zero-order valence-corrected chi connectivity index (χ0v) is 12.8. The highest BCUT2D eigenvalue weighted by atomic mass is 16.6. The van der Waals surface area contributed by atoms with Gasteiger partial charge in [0.25, 0.3) is 0 Å². The van der Waals surface area contributed by atoms with Crippen LogP contribution in [0.15, 0.2) is 36.4 Å². The fourth-order valence-corrected chi connectivity index (χ4v) is 3.19. The molecule has 0 unspecified atom stereocenters. The highest BCUT2D eigenvalue weighted by Crippen LogP contribution is 2.38. The third-order valence-electron chi connectivity index (χ3n) is 3.98. The Bertz CT molecular complexity index is 751. The second kappa shape index (κ2) is 5.05. The number of carbonyl (C=O) groups is 1. The Morgan fingerprint density at radius 2 is 1.77 bits per heavy atom. The number of benzene rings is 2. The van der Waals surface area contributed by atoms with Crippen molar-refractivity contribution in [3.63, 3.8) is 0 Å². The molecule has 1 aliphatic rings. The lowest BCUT2D eigenvalue weighted by atomic mass is 9.95. The molecule has 2 aromatic rings. The van der Waals surface area contributed by atoms with Crippen LogP contribution in [0.5, 0.6) is 0 Å². The number of hydrogen-bond donors (Lipinski definition) is 2. The van der Waals surface area contributed by atoms with Crippen LogP contribution in [0.2, 0.25) is 0 Å². The van der Waals surface area contributed by atoms with Crippen LogP contribution in [0.3, 0.4) is 0 Å². The highest BCUT2D eigenvalue weighted by Gasteiger charge is 2.24. The summed E-state index contributed by atoms with van der Waals surface area (Å²) in [5.74, 6) is 0. The summed E-state index contributed by atoms with van der Waals surface area (Å²) in [7, 11) is 0. The van der Waals surface area contributed by atoms with E-state index in [2.05, 4.69) is 24.3 Å². The molecule has 4 nitrogen and oxygen atoms in total. The molecule has 4 N–H and O–H groups in total. The van der Waals surface area contributed by atoms with Crippen LogP contribution < -0.4 is 11.5 Å². The molecule has 0 aromatic heterocycles. The van der Waals surface area contributed by atoms with Gasteiger partial charge in [0.1, 0.15) is 5.60 Å². The fraction of sp³-hybridized carbons (Fsp3) is 0.278. The topological polar surface area (TPSA) is 78.3 Å². The number of primary amides is 1. The van der Waals surface area contributed by atoms with E-state index in [1.54, 1.807) is 0 Å². The van der Waals surface area contributed by atoms with E-state index < -0.39 is 11.7 Å². The van der Waals surface area contributed by atoms with Crippen molar-refractivity contribution in [3.05, 3.63) is 53.1 Å². The molecule has 0 saturated heterocycles. The molecule has 0 heterocycles. The first-order valence-corrected chi connectivity index (χ1v) is 7.33. The maximum atomic E-state index is 11.0. The minimum atomic E-state index is -0.742. The van der Waals surface area contributed by atoms with Crippen LogP contribution in [0.25, 0.3) is 11.1 Å². The van der Waals surface area contributed by atoms with Gasteiger partial charge in [-0.2, -0.15) is 0 Å². The molecule has 0 saturated carbocycles. The monoisotopic (exact) mass is 296 g/mol. The van der Waals surface area contributed by atoms with Gasteiger partial charge in [-0.15, -0.1) is 0 Å². The summed E-state index contributed by atoms with van der Waals surface area (Å²) in [6.07, 6.45) is 0.775. The van der Waals surface area contributed by atoms with Crippen LogP contribution >= 0.6 is 0 Å². The fourth-order valence-electron chi connectivity index (χ4n) is 3.19. The molecule has 22 heavy (non-hydrogen) atoms. The van der Waals surface area contributed by atoms with Gasteiger partial charge in [0.2, 0.25) is 0 Å². The van der Waals surface area contributed by atoms with E-state index in [9.17, 15) is 4.79 Å². The summed E-state index contributed by atoms with van der Waals surface area (Å²) >= 11 is 0. The van der Waals surface area contributed by atoms with Crippen molar-refractivity contribution in [2.24, 2.45) is 5.73 Å². The van der Waals surface area contributed by atoms with Gasteiger partial charge >= 0.3 is 6.09 Å². The molecule has 4 heteroatoms. The Hall–Kier alpha value is -2.49. The normalized spacial score (nSPS) is 12.6. The lowest BCUT2D eigenvalue weighted by Crippen LogP contribution is -2.33. The SMILES string of the molecule is CC(C)(Cc1ccc2c(c1)Cc1cc(N)ccc1-2)OC(N)=O. The maximum absolute atomic E-state index is 11.0. The Morgan fingerprint density at radius 3 is 2.45 bits per heavy atom. The third kappa shape index (κ3) is 2.77. The van der Waals surface area contributed by atoms with Crippen LogP contribution in [0.1, 0.15) is 30.5 Å². The van der Waals surface area contributed by atoms with Gasteiger partial charge in [-0.05, 0) is 60.2 Å². The molecule has 0 atom stereocenters. The van der Waals surface area contributed by atoms with E-state index in [-0.39, 0.29) is 0 Å². The number of anilines is 1. The molecule has 114 valence electrons. The van der Waals surface area contributed by atoms with Gasteiger partial charge in [0, 0.05) is 12.1 Å². The number of fused-ring (bicyclic) bond motifs is 3. The predicted molar refractivity (Wildman–Crippen MR) is 87.5 cm³/mol. The van der Waals surface area contributed by atoms with Crippen molar-refractivity contribution in [3.8, 4) is 11.1 Å². The molecular formula is C18H20N2O2. The molecule has 0 fully saturated rings. The van der Waals surface area contributed by atoms with Crippen molar-refractivity contribution in [1.82, 2.24) is 0 Å². The van der Waals surface area contributed by atoms with E-state index >= 15 is 0 Å². The smallest absolute Gasteiger partial charge is 0.405 e. The van der Waals surface area contributed by atoms with Gasteiger partial charge in [0.15, 0.2) is 0 Å². The number of carbonyl (C=O) groups excluding carboxylic acids is 1. The molecule has 0 bridgehead atoms. The zero-order valence-electron chi connectivity index (χ0n) is 12.8. The van der Waals surface area contributed by atoms with Crippen molar-refractivity contribution in [2.75, 3.05) is 5.73 Å². The van der Waals surface area contributed by atoms with E-state index in [1.807, 2.05) is 26.0 Å². The van der Waals surface area contributed by atoms with E-state index in [1.165, 1.54) is 22.3 Å². The summed E-state index contributed by atoms with van der Waals surface area (Å²) in [4.78, 5) is 11.0. The molecular weight excluding hydrogens is 276 g/mol. The zero-order chi connectivity index (χ0) is 15.9. The summed E-state index contributed by atoms with van der Waals surface area (Å²) in [6, 6.07) is 12.4. The molecule has 0 spiro atoms. The molecule has 1 aliphatic carbocycles. The minimum Gasteiger partial charge on any atom is -0.443 e. The Morgan fingerprint density at radius 1 is 1.14 bits per heavy atom. The standard InChI is InChI=1S/C18H20N2O2/c1-18(2,22-17(20)21)10-11-3-5-15-12(7-11)8-13-9-14(19)4-6-16(13)15/h3-7,9H,8,10,19H2,1-2H3,(H2,20,21). The number of nitrogen functional groups attached to an aromatic ring is 1. The first-order valence-electron chi connectivity index (χ1n) is 7.33. The lowest BCUT2D eigenvalue weighted by molar-refractivity contribution is 0.0460. The van der Waals surface area contributed by atoms with Crippen molar-refractivity contribution < 1.29 is 9.53 Å². The minimum absolute atomic E-state index is 0.615. The average Bonchev–Trinajstić information content (AvgIpc) is 2.72.